The Hall–Kier alpha value is -0.440. The van der Waals surface area contributed by atoms with E-state index < -0.39 is 12.0 Å². The van der Waals surface area contributed by atoms with Gasteiger partial charge in [0, 0.05) is 0 Å². The SMILES string of the molecule is C/C=C/CC[C@H]1CC[C@H]([C@H]2[C@H](C3CCC(CCCC)CC3)OC2(F)F)CC1. The lowest BCUT2D eigenvalue weighted by molar-refractivity contribution is -0.418. The quantitative estimate of drug-likeness (QED) is 0.390. The molecule has 1 heterocycles. The monoisotopic (exact) mass is 382 g/mol. The topological polar surface area (TPSA) is 9.23 Å². The van der Waals surface area contributed by atoms with Crippen LogP contribution in [0.15, 0.2) is 12.2 Å². The molecular weight excluding hydrogens is 342 g/mol. The van der Waals surface area contributed by atoms with Crippen LogP contribution in [0.25, 0.3) is 0 Å². The van der Waals surface area contributed by atoms with E-state index in [9.17, 15) is 8.78 Å². The Morgan fingerprint density at radius 3 is 2.04 bits per heavy atom. The Bertz CT molecular complexity index is 459. The zero-order valence-electron chi connectivity index (χ0n) is 17.5. The van der Waals surface area contributed by atoms with Gasteiger partial charge in [0.1, 0.15) is 0 Å². The second-order valence-corrected chi connectivity index (χ2v) is 9.52. The van der Waals surface area contributed by atoms with Crippen molar-refractivity contribution >= 4 is 0 Å². The summed E-state index contributed by atoms with van der Waals surface area (Å²) in [5.74, 6) is 1.60. The molecule has 156 valence electrons. The van der Waals surface area contributed by atoms with E-state index in [0.29, 0.717) is 5.92 Å². The number of unbranched alkanes of at least 4 members (excludes halogenated alkanes) is 1. The fourth-order valence-electron chi connectivity index (χ4n) is 6.02. The highest BCUT2D eigenvalue weighted by Gasteiger charge is 2.62. The highest BCUT2D eigenvalue weighted by Crippen LogP contribution is 2.55. The van der Waals surface area contributed by atoms with Gasteiger partial charge in [-0.25, -0.2) is 0 Å². The number of hydrogen-bond acceptors (Lipinski definition) is 1. The molecule has 0 unspecified atom stereocenters. The van der Waals surface area contributed by atoms with Gasteiger partial charge in [-0.2, -0.15) is 8.78 Å². The van der Waals surface area contributed by atoms with Crippen LogP contribution < -0.4 is 0 Å². The summed E-state index contributed by atoms with van der Waals surface area (Å²) in [6.45, 7) is 4.31. The predicted octanol–water partition coefficient (Wildman–Crippen LogP) is 7.75. The van der Waals surface area contributed by atoms with E-state index in [1.807, 2.05) is 0 Å². The highest BCUT2D eigenvalue weighted by atomic mass is 19.3. The molecule has 0 spiro atoms. The lowest BCUT2D eigenvalue weighted by Crippen LogP contribution is -2.61. The fourth-order valence-corrected chi connectivity index (χ4v) is 6.02. The van der Waals surface area contributed by atoms with E-state index >= 15 is 0 Å². The average molecular weight is 383 g/mol. The van der Waals surface area contributed by atoms with Crippen molar-refractivity contribution in [2.45, 2.75) is 110 Å². The first-order valence-corrected chi connectivity index (χ1v) is 11.7. The molecule has 2 aliphatic carbocycles. The first kappa shape index (κ1) is 21.3. The van der Waals surface area contributed by atoms with Crippen LogP contribution in [0.4, 0.5) is 8.78 Å². The maximum Gasteiger partial charge on any atom is 0.361 e. The fraction of sp³-hybridized carbons (Fsp3) is 0.917. The van der Waals surface area contributed by atoms with Crippen LogP contribution in [0.3, 0.4) is 0 Å². The van der Waals surface area contributed by atoms with Crippen LogP contribution in [-0.4, -0.2) is 12.2 Å². The summed E-state index contributed by atoms with van der Waals surface area (Å²) in [5, 5.41) is 0. The zero-order valence-corrected chi connectivity index (χ0v) is 17.5. The van der Waals surface area contributed by atoms with Crippen molar-refractivity contribution in [2.75, 3.05) is 0 Å². The molecule has 3 fully saturated rings. The van der Waals surface area contributed by atoms with Gasteiger partial charge in [0.25, 0.3) is 0 Å². The molecular formula is C24H40F2O. The molecule has 1 aliphatic heterocycles. The van der Waals surface area contributed by atoms with E-state index in [1.54, 1.807) is 0 Å². The lowest BCUT2D eigenvalue weighted by Gasteiger charge is -2.53. The molecule has 3 rings (SSSR count). The van der Waals surface area contributed by atoms with Crippen molar-refractivity contribution in [3.63, 3.8) is 0 Å². The summed E-state index contributed by atoms with van der Waals surface area (Å²) in [7, 11) is 0. The number of ether oxygens (including phenoxy) is 1. The molecule has 2 saturated carbocycles. The summed E-state index contributed by atoms with van der Waals surface area (Å²) in [6.07, 6.45) is 16.4. The smallest absolute Gasteiger partial charge is 0.316 e. The lowest BCUT2D eigenvalue weighted by atomic mass is 9.65. The van der Waals surface area contributed by atoms with Crippen molar-refractivity contribution < 1.29 is 13.5 Å². The summed E-state index contributed by atoms with van der Waals surface area (Å²) >= 11 is 0. The van der Waals surface area contributed by atoms with E-state index in [1.165, 1.54) is 38.5 Å². The van der Waals surface area contributed by atoms with Crippen LogP contribution in [0, 0.1) is 29.6 Å². The highest BCUT2D eigenvalue weighted by molar-refractivity contribution is 4.98. The summed E-state index contributed by atoms with van der Waals surface area (Å²) in [4.78, 5) is 0. The summed E-state index contributed by atoms with van der Waals surface area (Å²) in [5.41, 5.74) is 0. The van der Waals surface area contributed by atoms with Gasteiger partial charge in [-0.3, -0.25) is 0 Å². The van der Waals surface area contributed by atoms with Gasteiger partial charge >= 0.3 is 6.11 Å². The number of alkyl halides is 2. The van der Waals surface area contributed by atoms with Crippen LogP contribution in [0.5, 0.6) is 0 Å². The second kappa shape index (κ2) is 9.85. The third-order valence-corrected chi connectivity index (χ3v) is 7.73. The standard InChI is InChI=1S/C24H40F2O/c1-3-5-7-9-19-10-14-20(15-11-19)22-23(27-24(22,25)26)21-16-12-18(13-17-21)8-6-4-2/h3,5,18-23H,4,6-17H2,1-2H3/b5-3+/t18?,19-,20-,21?,22-,23-/m0/s1. The van der Waals surface area contributed by atoms with Crippen LogP contribution in [0.2, 0.25) is 0 Å². The van der Waals surface area contributed by atoms with E-state index in [4.69, 9.17) is 4.74 Å². The van der Waals surface area contributed by atoms with Gasteiger partial charge in [0.05, 0.1) is 12.0 Å². The van der Waals surface area contributed by atoms with Crippen molar-refractivity contribution in [3.05, 3.63) is 12.2 Å². The van der Waals surface area contributed by atoms with Crippen LogP contribution >= 0.6 is 0 Å². The molecule has 3 aliphatic rings. The maximum atomic E-state index is 14.3. The van der Waals surface area contributed by atoms with Crippen molar-refractivity contribution in [1.29, 1.82) is 0 Å². The Morgan fingerprint density at radius 1 is 0.889 bits per heavy atom. The number of hydrogen-bond donors (Lipinski definition) is 0. The molecule has 1 nitrogen and oxygen atoms in total. The van der Waals surface area contributed by atoms with Gasteiger partial charge in [0.15, 0.2) is 0 Å². The Balaban J connectivity index is 1.48. The van der Waals surface area contributed by atoms with Gasteiger partial charge in [-0.15, -0.1) is 0 Å². The molecule has 0 amide bonds. The normalized spacial score (nSPS) is 39.4. The second-order valence-electron chi connectivity index (χ2n) is 9.52. The summed E-state index contributed by atoms with van der Waals surface area (Å²) in [6, 6.07) is 0. The Labute approximate surface area is 165 Å². The molecule has 0 N–H and O–H groups in total. The van der Waals surface area contributed by atoms with Gasteiger partial charge in [-0.05, 0) is 69.1 Å². The minimum atomic E-state index is -2.87. The van der Waals surface area contributed by atoms with E-state index in [-0.39, 0.29) is 12.0 Å². The predicted molar refractivity (Wildman–Crippen MR) is 108 cm³/mol. The molecule has 0 aromatic rings. The molecule has 3 heteroatoms. The molecule has 1 saturated heterocycles. The number of allylic oxidation sites excluding steroid dienone is 2. The molecule has 0 aromatic carbocycles. The first-order valence-electron chi connectivity index (χ1n) is 11.7. The summed E-state index contributed by atoms with van der Waals surface area (Å²) < 4.78 is 33.9. The van der Waals surface area contributed by atoms with Gasteiger partial charge < -0.3 is 4.74 Å². The van der Waals surface area contributed by atoms with E-state index in [2.05, 4.69) is 26.0 Å². The average Bonchev–Trinajstić information content (AvgIpc) is 2.67. The number of rotatable bonds is 8. The third-order valence-electron chi connectivity index (χ3n) is 7.73. The van der Waals surface area contributed by atoms with Crippen LogP contribution in [-0.2, 0) is 4.74 Å². The Kier molecular flexibility index (Phi) is 7.76. The van der Waals surface area contributed by atoms with Gasteiger partial charge in [0.2, 0.25) is 0 Å². The van der Waals surface area contributed by atoms with Gasteiger partial charge in [-0.1, -0.05) is 64.0 Å². The molecule has 27 heavy (non-hydrogen) atoms. The maximum absolute atomic E-state index is 14.3. The minimum absolute atomic E-state index is 0.170. The molecule has 0 bridgehead atoms. The van der Waals surface area contributed by atoms with Crippen molar-refractivity contribution in [3.8, 4) is 0 Å². The third kappa shape index (κ3) is 5.34. The molecule has 0 radical (unpaired) electrons. The largest absolute Gasteiger partial charge is 0.361 e. The van der Waals surface area contributed by atoms with Crippen molar-refractivity contribution in [1.82, 2.24) is 0 Å². The molecule has 0 aromatic heterocycles. The van der Waals surface area contributed by atoms with Crippen LogP contribution in [0.1, 0.15) is 97.3 Å². The molecule has 2 atom stereocenters. The Morgan fingerprint density at radius 2 is 1.48 bits per heavy atom. The minimum Gasteiger partial charge on any atom is -0.316 e. The van der Waals surface area contributed by atoms with Crippen molar-refractivity contribution in [2.24, 2.45) is 29.6 Å². The van der Waals surface area contributed by atoms with E-state index in [0.717, 1.165) is 56.8 Å². The first-order chi connectivity index (χ1) is 13.0. The zero-order chi connectivity index (χ0) is 19.3. The number of halogens is 2.